The summed E-state index contributed by atoms with van der Waals surface area (Å²) >= 11 is 1.24. The third-order valence-electron chi connectivity index (χ3n) is 4.41. The predicted octanol–water partition coefficient (Wildman–Crippen LogP) is 4.89. The number of hydrogen-bond donors (Lipinski definition) is 1. The molecule has 1 amide bonds. The minimum atomic E-state index is -0.452. The molecule has 0 aliphatic heterocycles. The molecule has 2 aromatic carbocycles. The molecule has 4 rings (SSSR count). The maximum Gasteiger partial charge on any atom is 0.234 e. The molecule has 0 spiro atoms. The zero-order chi connectivity index (χ0) is 20.4. The second-order valence-corrected chi connectivity index (χ2v) is 7.46. The number of carbonyl (C=O) groups excluding carboxylic acids is 1. The van der Waals surface area contributed by atoms with Crippen molar-refractivity contribution in [2.75, 3.05) is 11.1 Å². The summed E-state index contributed by atoms with van der Waals surface area (Å²) < 4.78 is 21.7. The number of thioether (sulfide) groups is 1. The first-order chi connectivity index (χ1) is 14.0. The second kappa shape index (κ2) is 8.08. The van der Waals surface area contributed by atoms with Crippen molar-refractivity contribution in [3.8, 4) is 11.6 Å². The van der Waals surface area contributed by atoms with Crippen molar-refractivity contribution in [3.05, 3.63) is 59.9 Å². The van der Waals surface area contributed by atoms with Gasteiger partial charge in [-0.05, 0) is 43.7 Å². The van der Waals surface area contributed by atoms with E-state index < -0.39 is 5.82 Å². The van der Waals surface area contributed by atoms with Crippen LogP contribution in [0.1, 0.15) is 12.5 Å². The highest BCUT2D eigenvalue weighted by Crippen LogP contribution is 2.29. The number of halogens is 1. The molecule has 0 atom stereocenters. The van der Waals surface area contributed by atoms with Crippen LogP contribution in [0.5, 0.6) is 0 Å². The van der Waals surface area contributed by atoms with Crippen LogP contribution in [0.3, 0.4) is 0 Å². The lowest BCUT2D eigenvalue weighted by atomic mass is 10.2. The zero-order valence-corrected chi connectivity index (χ0v) is 16.8. The summed E-state index contributed by atoms with van der Waals surface area (Å²) in [6.07, 6.45) is 0. The molecule has 0 unspecified atom stereocenters. The van der Waals surface area contributed by atoms with Crippen LogP contribution in [0.4, 0.5) is 10.1 Å². The molecule has 0 saturated heterocycles. The molecule has 6 nitrogen and oxygen atoms in total. The van der Waals surface area contributed by atoms with Crippen LogP contribution in [0.15, 0.2) is 58.1 Å². The van der Waals surface area contributed by atoms with Crippen molar-refractivity contribution in [2.24, 2.45) is 0 Å². The van der Waals surface area contributed by atoms with Gasteiger partial charge in [0.25, 0.3) is 0 Å². The summed E-state index contributed by atoms with van der Waals surface area (Å²) in [5.41, 5.74) is 1.74. The Kier molecular flexibility index (Phi) is 5.35. The first kappa shape index (κ1) is 19.2. The van der Waals surface area contributed by atoms with Gasteiger partial charge in [0.15, 0.2) is 10.9 Å². The average Bonchev–Trinajstić information content (AvgIpc) is 3.31. The lowest BCUT2D eigenvalue weighted by Crippen LogP contribution is -2.15. The number of carbonyl (C=O) groups is 1. The second-order valence-electron chi connectivity index (χ2n) is 6.52. The number of nitrogens with zero attached hydrogens (tertiary/aromatic N) is 3. The predicted molar refractivity (Wildman–Crippen MR) is 111 cm³/mol. The van der Waals surface area contributed by atoms with Gasteiger partial charge in [0.2, 0.25) is 11.7 Å². The first-order valence-corrected chi connectivity index (χ1v) is 10.1. The number of anilines is 1. The summed E-state index contributed by atoms with van der Waals surface area (Å²) in [6.45, 7) is 4.39. The van der Waals surface area contributed by atoms with E-state index in [2.05, 4.69) is 15.5 Å². The van der Waals surface area contributed by atoms with Crippen molar-refractivity contribution in [3.63, 3.8) is 0 Å². The smallest absolute Gasteiger partial charge is 0.234 e. The van der Waals surface area contributed by atoms with Crippen LogP contribution in [-0.2, 0) is 11.3 Å². The fourth-order valence-electron chi connectivity index (χ4n) is 2.99. The van der Waals surface area contributed by atoms with E-state index in [4.69, 9.17) is 4.42 Å². The summed E-state index contributed by atoms with van der Waals surface area (Å²) in [7, 11) is 0. The van der Waals surface area contributed by atoms with Crippen LogP contribution in [0.25, 0.3) is 22.6 Å². The van der Waals surface area contributed by atoms with Gasteiger partial charge in [-0.15, -0.1) is 10.2 Å². The van der Waals surface area contributed by atoms with Crippen LogP contribution in [-0.4, -0.2) is 26.4 Å². The van der Waals surface area contributed by atoms with Gasteiger partial charge in [-0.25, -0.2) is 4.39 Å². The molecule has 0 aliphatic rings. The Morgan fingerprint density at radius 3 is 2.79 bits per heavy atom. The molecule has 0 radical (unpaired) electrons. The fourth-order valence-corrected chi connectivity index (χ4v) is 3.80. The van der Waals surface area contributed by atoms with Gasteiger partial charge in [-0.3, -0.25) is 9.36 Å². The summed E-state index contributed by atoms with van der Waals surface area (Å²) in [5.74, 6) is 0.557. The molecule has 8 heteroatoms. The van der Waals surface area contributed by atoms with E-state index in [1.807, 2.05) is 41.8 Å². The van der Waals surface area contributed by atoms with E-state index in [9.17, 15) is 9.18 Å². The monoisotopic (exact) mass is 410 g/mol. The Hall–Kier alpha value is -3.13. The Morgan fingerprint density at radius 2 is 2.03 bits per heavy atom. The van der Waals surface area contributed by atoms with E-state index >= 15 is 0 Å². The SMILES string of the molecule is CCn1c(SCC(=O)Nc2ccc(C)cc2F)nnc1-c1cc2ccccc2o1. The maximum absolute atomic E-state index is 13.9. The van der Waals surface area contributed by atoms with Gasteiger partial charge < -0.3 is 9.73 Å². The van der Waals surface area contributed by atoms with Gasteiger partial charge >= 0.3 is 0 Å². The standard InChI is InChI=1S/C21H19FN4O2S/c1-3-26-20(18-11-14-6-4-5-7-17(14)28-18)24-25-21(26)29-12-19(27)23-16-9-8-13(2)10-15(16)22/h4-11H,3,12H2,1-2H3,(H,23,27). The van der Waals surface area contributed by atoms with E-state index in [-0.39, 0.29) is 17.3 Å². The van der Waals surface area contributed by atoms with Crippen molar-refractivity contribution in [2.45, 2.75) is 25.5 Å². The normalized spacial score (nSPS) is 11.1. The maximum atomic E-state index is 13.9. The Bertz CT molecular complexity index is 1150. The number of fused-ring (bicyclic) bond motifs is 1. The number of para-hydroxylation sites is 1. The van der Waals surface area contributed by atoms with Gasteiger partial charge in [-0.2, -0.15) is 0 Å². The van der Waals surface area contributed by atoms with Gasteiger partial charge in [0.1, 0.15) is 11.4 Å². The first-order valence-electron chi connectivity index (χ1n) is 9.16. The Morgan fingerprint density at radius 1 is 1.21 bits per heavy atom. The molecule has 29 heavy (non-hydrogen) atoms. The van der Waals surface area contributed by atoms with Crippen molar-refractivity contribution in [1.82, 2.24) is 14.8 Å². The number of amides is 1. The Balaban J connectivity index is 1.48. The molecular weight excluding hydrogens is 391 g/mol. The Labute approximate surface area is 171 Å². The lowest BCUT2D eigenvalue weighted by molar-refractivity contribution is -0.113. The molecule has 4 aromatic rings. The van der Waals surface area contributed by atoms with Gasteiger partial charge in [0.05, 0.1) is 11.4 Å². The number of furan rings is 1. The molecular formula is C21H19FN4O2S. The van der Waals surface area contributed by atoms with E-state index in [0.717, 1.165) is 16.5 Å². The number of hydrogen-bond acceptors (Lipinski definition) is 5. The van der Waals surface area contributed by atoms with Crippen molar-refractivity contribution >= 4 is 34.3 Å². The van der Waals surface area contributed by atoms with Gasteiger partial charge in [0, 0.05) is 11.9 Å². The topological polar surface area (TPSA) is 73.0 Å². The number of aryl methyl sites for hydroxylation is 1. The minimum Gasteiger partial charge on any atom is -0.453 e. The van der Waals surface area contributed by atoms with Crippen LogP contribution < -0.4 is 5.32 Å². The number of nitrogens with one attached hydrogen (secondary N) is 1. The number of rotatable bonds is 6. The lowest BCUT2D eigenvalue weighted by Gasteiger charge is -2.08. The van der Waals surface area contributed by atoms with Crippen LogP contribution in [0.2, 0.25) is 0 Å². The van der Waals surface area contributed by atoms with Crippen molar-refractivity contribution in [1.29, 1.82) is 0 Å². The number of benzene rings is 2. The summed E-state index contributed by atoms with van der Waals surface area (Å²) in [6, 6.07) is 14.3. The average molecular weight is 410 g/mol. The molecule has 2 heterocycles. The minimum absolute atomic E-state index is 0.0889. The largest absolute Gasteiger partial charge is 0.453 e. The van der Waals surface area contributed by atoms with E-state index in [0.29, 0.717) is 23.3 Å². The summed E-state index contributed by atoms with van der Waals surface area (Å²) in [4.78, 5) is 12.2. The fraction of sp³-hybridized carbons (Fsp3) is 0.190. The van der Waals surface area contributed by atoms with Gasteiger partial charge in [-0.1, -0.05) is 36.0 Å². The molecule has 148 valence electrons. The third-order valence-corrected chi connectivity index (χ3v) is 5.38. The van der Waals surface area contributed by atoms with Crippen LogP contribution in [0, 0.1) is 12.7 Å². The molecule has 1 N–H and O–H groups in total. The van der Waals surface area contributed by atoms with E-state index in [1.165, 1.54) is 17.8 Å². The molecule has 0 bridgehead atoms. The highest BCUT2D eigenvalue weighted by molar-refractivity contribution is 7.99. The highest BCUT2D eigenvalue weighted by atomic mass is 32.2. The molecule has 0 aliphatic carbocycles. The van der Waals surface area contributed by atoms with Crippen LogP contribution >= 0.6 is 11.8 Å². The third kappa shape index (κ3) is 4.02. The quantitative estimate of drug-likeness (QED) is 0.458. The summed E-state index contributed by atoms with van der Waals surface area (Å²) in [5, 5.41) is 12.6. The van der Waals surface area contributed by atoms with E-state index in [1.54, 1.807) is 19.1 Å². The molecule has 0 fully saturated rings. The van der Waals surface area contributed by atoms with Crippen molar-refractivity contribution < 1.29 is 13.6 Å². The molecule has 2 aromatic heterocycles. The highest BCUT2D eigenvalue weighted by Gasteiger charge is 2.18. The zero-order valence-electron chi connectivity index (χ0n) is 16.0. The number of aromatic nitrogens is 3. The molecule has 0 saturated carbocycles.